The SMILES string of the molecule is NC(=NO)c1ccc(CNc2cc(Cl)cc(Cl)c2)cc1. The number of hydrogen-bond donors (Lipinski definition) is 3. The standard InChI is InChI=1S/C14H13Cl2N3O/c15-11-5-12(16)7-13(6-11)18-8-9-1-3-10(4-2-9)14(17)19-20/h1-7,18,20H,8H2,(H2,17,19). The molecule has 2 rings (SSSR count). The first-order valence-corrected chi connectivity index (χ1v) is 6.61. The van der Waals surface area contributed by atoms with Crippen LogP contribution in [0.3, 0.4) is 0 Å². The summed E-state index contributed by atoms with van der Waals surface area (Å²) in [5.74, 6) is 0.0890. The van der Waals surface area contributed by atoms with E-state index in [0.717, 1.165) is 11.3 Å². The molecule has 20 heavy (non-hydrogen) atoms. The summed E-state index contributed by atoms with van der Waals surface area (Å²) in [6, 6.07) is 12.7. The monoisotopic (exact) mass is 309 g/mol. The lowest BCUT2D eigenvalue weighted by atomic mass is 10.1. The number of nitrogens with one attached hydrogen (secondary N) is 1. The lowest BCUT2D eigenvalue weighted by Gasteiger charge is -2.08. The molecule has 6 heteroatoms. The van der Waals surface area contributed by atoms with E-state index >= 15 is 0 Å². The molecule has 0 amide bonds. The fraction of sp³-hybridized carbons (Fsp3) is 0.0714. The molecular formula is C14H13Cl2N3O. The minimum absolute atomic E-state index is 0.0890. The number of amidine groups is 1. The molecule has 0 atom stereocenters. The van der Waals surface area contributed by atoms with Crippen LogP contribution < -0.4 is 11.1 Å². The van der Waals surface area contributed by atoms with Crippen LogP contribution in [0, 0.1) is 0 Å². The molecule has 0 bridgehead atoms. The minimum atomic E-state index is 0.0890. The van der Waals surface area contributed by atoms with Crippen molar-refractivity contribution in [3.63, 3.8) is 0 Å². The Bertz CT molecular complexity index is 607. The van der Waals surface area contributed by atoms with Crippen LogP contribution >= 0.6 is 23.2 Å². The third-order valence-corrected chi connectivity index (χ3v) is 3.15. The Morgan fingerprint density at radius 1 is 1.10 bits per heavy atom. The molecule has 0 saturated carbocycles. The smallest absolute Gasteiger partial charge is 0.170 e. The van der Waals surface area contributed by atoms with Crippen molar-refractivity contribution in [2.75, 3.05) is 5.32 Å². The van der Waals surface area contributed by atoms with Crippen molar-refractivity contribution in [3.8, 4) is 0 Å². The summed E-state index contributed by atoms with van der Waals surface area (Å²) in [4.78, 5) is 0. The number of anilines is 1. The van der Waals surface area contributed by atoms with Crippen molar-refractivity contribution in [1.82, 2.24) is 0 Å². The number of hydrogen-bond acceptors (Lipinski definition) is 3. The van der Waals surface area contributed by atoms with E-state index < -0.39 is 0 Å². The van der Waals surface area contributed by atoms with Crippen molar-refractivity contribution < 1.29 is 5.21 Å². The van der Waals surface area contributed by atoms with Crippen LogP contribution in [0.25, 0.3) is 0 Å². The van der Waals surface area contributed by atoms with E-state index in [0.29, 0.717) is 22.2 Å². The molecule has 0 aliphatic carbocycles. The van der Waals surface area contributed by atoms with Gasteiger partial charge in [0.15, 0.2) is 5.84 Å². The predicted octanol–water partition coefficient (Wildman–Crippen LogP) is 3.70. The molecule has 0 heterocycles. The van der Waals surface area contributed by atoms with E-state index in [1.54, 1.807) is 30.3 Å². The van der Waals surface area contributed by atoms with E-state index in [4.69, 9.17) is 34.1 Å². The predicted molar refractivity (Wildman–Crippen MR) is 82.7 cm³/mol. The van der Waals surface area contributed by atoms with Gasteiger partial charge in [-0.25, -0.2) is 0 Å². The highest BCUT2D eigenvalue weighted by Gasteiger charge is 2.01. The number of nitrogens with two attached hydrogens (primary N) is 1. The van der Waals surface area contributed by atoms with Crippen molar-refractivity contribution in [2.45, 2.75) is 6.54 Å². The fourth-order valence-electron chi connectivity index (χ4n) is 1.71. The number of halogens is 2. The van der Waals surface area contributed by atoms with Crippen LogP contribution in [-0.2, 0) is 6.54 Å². The molecule has 0 unspecified atom stereocenters. The maximum Gasteiger partial charge on any atom is 0.170 e. The molecule has 0 saturated heterocycles. The highest BCUT2D eigenvalue weighted by Crippen LogP contribution is 2.22. The van der Waals surface area contributed by atoms with Crippen LogP contribution in [0.15, 0.2) is 47.6 Å². The molecule has 2 aromatic rings. The number of oxime groups is 1. The molecule has 0 aliphatic heterocycles. The molecule has 104 valence electrons. The van der Waals surface area contributed by atoms with E-state index in [1.807, 2.05) is 12.1 Å². The summed E-state index contributed by atoms with van der Waals surface area (Å²) in [7, 11) is 0. The summed E-state index contributed by atoms with van der Waals surface area (Å²) in [6.45, 7) is 0.618. The van der Waals surface area contributed by atoms with Gasteiger partial charge in [0, 0.05) is 27.8 Å². The van der Waals surface area contributed by atoms with E-state index in [9.17, 15) is 0 Å². The molecule has 0 aromatic heterocycles. The van der Waals surface area contributed by atoms with E-state index in [2.05, 4.69) is 10.5 Å². The second-order valence-corrected chi connectivity index (χ2v) is 5.07. The molecule has 0 aliphatic rings. The second-order valence-electron chi connectivity index (χ2n) is 4.19. The molecular weight excluding hydrogens is 297 g/mol. The van der Waals surface area contributed by atoms with Gasteiger partial charge in [0.1, 0.15) is 0 Å². The molecule has 2 aromatic carbocycles. The third kappa shape index (κ3) is 3.79. The lowest BCUT2D eigenvalue weighted by Crippen LogP contribution is -2.13. The molecule has 4 nitrogen and oxygen atoms in total. The average Bonchev–Trinajstić information content (AvgIpc) is 2.44. The summed E-state index contributed by atoms with van der Waals surface area (Å²) < 4.78 is 0. The van der Waals surface area contributed by atoms with Gasteiger partial charge in [-0.1, -0.05) is 52.6 Å². The maximum atomic E-state index is 8.59. The Morgan fingerprint density at radius 2 is 1.70 bits per heavy atom. The van der Waals surface area contributed by atoms with Crippen molar-refractivity contribution in [3.05, 3.63) is 63.6 Å². The van der Waals surface area contributed by atoms with Gasteiger partial charge < -0.3 is 16.3 Å². The Morgan fingerprint density at radius 3 is 2.25 bits per heavy atom. The fourth-order valence-corrected chi connectivity index (χ4v) is 2.24. The van der Waals surface area contributed by atoms with Gasteiger partial charge in [0.2, 0.25) is 0 Å². The first kappa shape index (κ1) is 14.5. The van der Waals surface area contributed by atoms with Crippen molar-refractivity contribution in [1.29, 1.82) is 0 Å². The lowest BCUT2D eigenvalue weighted by molar-refractivity contribution is 0.318. The normalized spacial score (nSPS) is 11.4. The van der Waals surface area contributed by atoms with Crippen molar-refractivity contribution >= 4 is 34.7 Å². The maximum absolute atomic E-state index is 8.59. The third-order valence-electron chi connectivity index (χ3n) is 2.72. The zero-order valence-electron chi connectivity index (χ0n) is 10.5. The van der Waals surface area contributed by atoms with Crippen LogP contribution in [0.4, 0.5) is 5.69 Å². The Hall–Kier alpha value is -1.91. The first-order valence-electron chi connectivity index (χ1n) is 5.85. The van der Waals surface area contributed by atoms with Crippen LogP contribution in [0.5, 0.6) is 0 Å². The summed E-state index contributed by atoms with van der Waals surface area (Å²) in [6.07, 6.45) is 0. The minimum Gasteiger partial charge on any atom is -0.409 e. The zero-order valence-corrected chi connectivity index (χ0v) is 12.0. The van der Waals surface area contributed by atoms with Gasteiger partial charge in [0.05, 0.1) is 0 Å². The first-order chi connectivity index (χ1) is 9.58. The molecule has 4 N–H and O–H groups in total. The number of benzene rings is 2. The summed E-state index contributed by atoms with van der Waals surface area (Å²) in [5.41, 5.74) is 8.07. The average molecular weight is 310 g/mol. The van der Waals surface area contributed by atoms with E-state index in [-0.39, 0.29) is 5.84 Å². The van der Waals surface area contributed by atoms with Crippen LogP contribution in [0.1, 0.15) is 11.1 Å². The van der Waals surface area contributed by atoms with Gasteiger partial charge in [-0.05, 0) is 23.8 Å². The Kier molecular flexibility index (Phi) is 4.71. The molecule has 0 spiro atoms. The van der Waals surface area contributed by atoms with Gasteiger partial charge in [-0.3, -0.25) is 0 Å². The molecule has 0 radical (unpaired) electrons. The van der Waals surface area contributed by atoms with Crippen LogP contribution in [-0.4, -0.2) is 11.0 Å². The highest BCUT2D eigenvalue weighted by molar-refractivity contribution is 6.35. The van der Waals surface area contributed by atoms with Gasteiger partial charge in [0.25, 0.3) is 0 Å². The van der Waals surface area contributed by atoms with Gasteiger partial charge in [-0.2, -0.15) is 0 Å². The number of nitrogens with zero attached hydrogens (tertiary/aromatic N) is 1. The van der Waals surface area contributed by atoms with Crippen LogP contribution in [0.2, 0.25) is 10.0 Å². The quantitative estimate of drug-likeness (QED) is 0.349. The topological polar surface area (TPSA) is 70.6 Å². The largest absolute Gasteiger partial charge is 0.409 e. The zero-order chi connectivity index (χ0) is 14.5. The van der Waals surface area contributed by atoms with Gasteiger partial charge >= 0.3 is 0 Å². The molecule has 0 fully saturated rings. The summed E-state index contributed by atoms with van der Waals surface area (Å²) >= 11 is 11.9. The Labute approximate surface area is 126 Å². The summed E-state index contributed by atoms with van der Waals surface area (Å²) in [5, 5.41) is 15.9. The van der Waals surface area contributed by atoms with Gasteiger partial charge in [-0.15, -0.1) is 0 Å². The Balaban J connectivity index is 2.04. The second kappa shape index (κ2) is 6.50. The number of rotatable bonds is 4. The highest BCUT2D eigenvalue weighted by atomic mass is 35.5. The van der Waals surface area contributed by atoms with E-state index in [1.165, 1.54) is 0 Å². The van der Waals surface area contributed by atoms with Crippen molar-refractivity contribution in [2.24, 2.45) is 10.9 Å².